The molecule has 4 nitrogen and oxygen atoms in total. The molecule has 0 heterocycles. The van der Waals surface area contributed by atoms with E-state index in [1.54, 1.807) is 0 Å². The zero-order chi connectivity index (χ0) is 8.20. The Balaban J connectivity index is 3.56. The summed E-state index contributed by atoms with van der Waals surface area (Å²) in [5, 5.41) is 7.98. The molecule has 0 aliphatic carbocycles. The zero-order valence-electron chi connectivity index (χ0n) is 4.60. The summed E-state index contributed by atoms with van der Waals surface area (Å²) in [6.45, 7) is 0. The number of hydroxylamine groups is 1. The fraction of sp³-hybridized carbons (Fsp3) is 0.667. The molecule has 0 aliphatic rings. The highest BCUT2D eigenvalue weighted by molar-refractivity contribution is 6.50. The van der Waals surface area contributed by atoms with Crippen LogP contribution in [0.15, 0.2) is 0 Å². The third-order valence-electron chi connectivity index (χ3n) is 0.443. The Kier molecular flexibility index (Phi) is 4.12. The zero-order valence-corrected chi connectivity index (χ0v) is 6.87. The monoisotopic (exact) mass is 207 g/mol. The molecule has 2 N–H and O–H groups in total. The molecule has 0 saturated carbocycles. The van der Waals surface area contributed by atoms with Gasteiger partial charge in [-0.2, -0.15) is 5.48 Å². The number of hydrogen-bond donors (Lipinski definition) is 2. The molecule has 10 heavy (non-hydrogen) atoms. The number of hydrogen-bond acceptors (Lipinski definition) is 2. The molecule has 0 saturated heterocycles. The second-order valence-corrected chi connectivity index (χ2v) is 2.96. The first-order valence-corrected chi connectivity index (χ1v) is 3.38. The van der Waals surface area contributed by atoms with Crippen molar-refractivity contribution in [3.05, 3.63) is 0 Å². The van der Waals surface area contributed by atoms with Crippen molar-refractivity contribution in [2.24, 2.45) is 0 Å². The first kappa shape index (κ1) is 10.1. The van der Waals surface area contributed by atoms with E-state index >= 15 is 0 Å². The van der Waals surface area contributed by atoms with Crippen molar-refractivity contribution in [1.29, 1.82) is 0 Å². The lowest BCUT2D eigenvalue weighted by molar-refractivity contribution is 0.0119. The van der Waals surface area contributed by atoms with Crippen LogP contribution in [-0.2, 0) is 4.84 Å². The summed E-state index contributed by atoms with van der Waals surface area (Å²) in [6.07, 6.45) is -1.39. The molecule has 0 bridgehead atoms. The third kappa shape index (κ3) is 4.93. The van der Waals surface area contributed by atoms with Crippen LogP contribution in [0.25, 0.3) is 0 Å². The summed E-state index contributed by atoms with van der Waals surface area (Å²) in [5.74, 6) is -0.240. The van der Waals surface area contributed by atoms with E-state index in [9.17, 15) is 4.79 Å². The van der Waals surface area contributed by atoms with E-state index in [4.69, 9.17) is 39.9 Å². The predicted octanol–water partition coefficient (Wildman–Crippen LogP) is 1.56. The van der Waals surface area contributed by atoms with Crippen LogP contribution in [0.1, 0.15) is 0 Å². The Morgan fingerprint density at radius 3 is 2.50 bits per heavy atom. The molecule has 0 fully saturated rings. The number of rotatable bonds is 3. The van der Waals surface area contributed by atoms with Crippen molar-refractivity contribution in [2.75, 3.05) is 5.88 Å². The van der Waals surface area contributed by atoms with Crippen molar-refractivity contribution in [2.45, 2.75) is 4.52 Å². The van der Waals surface area contributed by atoms with Gasteiger partial charge in [-0.05, 0) is 0 Å². The molecular formula is C3H4Cl3NO3. The van der Waals surface area contributed by atoms with Crippen molar-refractivity contribution < 1.29 is 14.7 Å². The molecule has 0 spiro atoms. The van der Waals surface area contributed by atoms with E-state index in [1.807, 2.05) is 0 Å². The fourth-order valence-corrected chi connectivity index (χ4v) is 0.277. The summed E-state index contributed by atoms with van der Waals surface area (Å²) in [5.41, 5.74) is 1.50. The summed E-state index contributed by atoms with van der Waals surface area (Å²) in [7, 11) is 0. The van der Waals surface area contributed by atoms with Crippen LogP contribution >= 0.6 is 34.8 Å². The van der Waals surface area contributed by atoms with Crippen LogP contribution in [0.4, 0.5) is 4.79 Å². The van der Waals surface area contributed by atoms with Gasteiger partial charge in [0, 0.05) is 0 Å². The number of halogens is 3. The molecule has 0 radical (unpaired) electrons. The number of amides is 1. The number of nitrogens with one attached hydrogen (secondary N) is 1. The molecule has 0 atom stereocenters. The van der Waals surface area contributed by atoms with E-state index in [2.05, 4.69) is 4.84 Å². The minimum absolute atomic E-state index is 0.240. The van der Waals surface area contributed by atoms with E-state index in [0.29, 0.717) is 0 Å². The molecule has 0 unspecified atom stereocenters. The largest absolute Gasteiger partial charge is 0.464 e. The Labute approximate surface area is 72.0 Å². The Morgan fingerprint density at radius 1 is 1.70 bits per heavy atom. The minimum Gasteiger partial charge on any atom is -0.464 e. The highest BCUT2D eigenvalue weighted by atomic mass is 35.5. The van der Waals surface area contributed by atoms with E-state index in [-0.39, 0.29) is 5.88 Å². The van der Waals surface area contributed by atoms with Gasteiger partial charge in [0.15, 0.2) is 0 Å². The van der Waals surface area contributed by atoms with Gasteiger partial charge in [-0.3, -0.25) is 0 Å². The Hall–Kier alpha value is 0.1000. The lowest BCUT2D eigenvalue weighted by Gasteiger charge is -2.14. The van der Waals surface area contributed by atoms with Gasteiger partial charge >= 0.3 is 6.09 Å². The molecular weight excluding hydrogens is 204 g/mol. The minimum atomic E-state index is -1.71. The molecule has 1 amide bonds. The predicted molar refractivity (Wildman–Crippen MR) is 37.4 cm³/mol. The van der Waals surface area contributed by atoms with E-state index < -0.39 is 10.6 Å². The van der Waals surface area contributed by atoms with Crippen molar-refractivity contribution in [3.63, 3.8) is 0 Å². The average Bonchev–Trinajstić information content (AvgIpc) is 1.85. The molecule has 0 rings (SSSR count). The molecule has 60 valence electrons. The lowest BCUT2D eigenvalue weighted by atomic mass is 10.8. The van der Waals surface area contributed by atoms with Crippen LogP contribution in [0.3, 0.4) is 0 Å². The maximum absolute atomic E-state index is 9.77. The standard InChI is InChI=1S/C3H4Cl3NO3/c4-1-3(5,6)10-7-2(8)9/h7H,1H2,(H,8,9). The van der Waals surface area contributed by atoms with E-state index in [0.717, 1.165) is 0 Å². The second kappa shape index (κ2) is 4.08. The van der Waals surface area contributed by atoms with Gasteiger partial charge in [-0.1, -0.05) is 23.2 Å². The average molecular weight is 208 g/mol. The summed E-state index contributed by atoms with van der Waals surface area (Å²) in [6, 6.07) is 0. The van der Waals surface area contributed by atoms with Gasteiger partial charge in [0.05, 0.1) is 5.88 Å². The molecule has 0 aromatic rings. The Morgan fingerprint density at radius 2 is 2.20 bits per heavy atom. The first-order chi connectivity index (χ1) is 4.48. The van der Waals surface area contributed by atoms with Crippen LogP contribution < -0.4 is 5.48 Å². The van der Waals surface area contributed by atoms with Crippen LogP contribution in [0.2, 0.25) is 0 Å². The lowest BCUT2D eigenvalue weighted by Crippen LogP contribution is -2.32. The summed E-state index contributed by atoms with van der Waals surface area (Å²) >= 11 is 15.7. The van der Waals surface area contributed by atoms with Crippen LogP contribution in [0.5, 0.6) is 0 Å². The number of alkyl halides is 3. The maximum atomic E-state index is 9.77. The third-order valence-corrected chi connectivity index (χ3v) is 1.51. The Bertz CT molecular complexity index is 128. The smallest absolute Gasteiger partial charge is 0.428 e. The number of carbonyl (C=O) groups is 1. The first-order valence-electron chi connectivity index (χ1n) is 2.08. The molecule has 0 aromatic heterocycles. The quantitative estimate of drug-likeness (QED) is 0.546. The highest BCUT2D eigenvalue weighted by Crippen LogP contribution is 2.22. The van der Waals surface area contributed by atoms with Crippen molar-refractivity contribution in [1.82, 2.24) is 5.48 Å². The fourth-order valence-electron chi connectivity index (χ4n) is 0.146. The van der Waals surface area contributed by atoms with E-state index in [1.165, 1.54) is 5.48 Å². The topological polar surface area (TPSA) is 58.6 Å². The van der Waals surface area contributed by atoms with Crippen LogP contribution in [-0.4, -0.2) is 21.6 Å². The SMILES string of the molecule is O=C(O)NOC(Cl)(Cl)CCl. The van der Waals surface area contributed by atoms with Gasteiger partial charge in [0.25, 0.3) is 4.52 Å². The normalized spacial score (nSPS) is 11.1. The summed E-state index contributed by atoms with van der Waals surface area (Å²) < 4.78 is -1.71. The molecule has 7 heteroatoms. The highest BCUT2D eigenvalue weighted by Gasteiger charge is 2.24. The van der Waals surface area contributed by atoms with Gasteiger partial charge in [0.1, 0.15) is 0 Å². The van der Waals surface area contributed by atoms with Gasteiger partial charge in [0.2, 0.25) is 0 Å². The van der Waals surface area contributed by atoms with Gasteiger partial charge in [-0.25, -0.2) is 9.63 Å². The van der Waals surface area contributed by atoms with Gasteiger partial charge < -0.3 is 5.11 Å². The molecule has 0 aromatic carbocycles. The summed E-state index contributed by atoms with van der Waals surface area (Å²) in [4.78, 5) is 14.0. The number of carboxylic acid groups (broad SMARTS) is 1. The second-order valence-electron chi connectivity index (χ2n) is 1.28. The maximum Gasteiger partial charge on any atom is 0.428 e. The van der Waals surface area contributed by atoms with Crippen molar-refractivity contribution >= 4 is 40.9 Å². The molecule has 0 aliphatic heterocycles. The van der Waals surface area contributed by atoms with Crippen molar-refractivity contribution in [3.8, 4) is 0 Å². The van der Waals surface area contributed by atoms with Gasteiger partial charge in [-0.15, -0.1) is 11.6 Å². The van der Waals surface area contributed by atoms with Crippen LogP contribution in [0, 0.1) is 0 Å².